The van der Waals surface area contributed by atoms with Crippen LogP contribution in [0.25, 0.3) is 0 Å². The van der Waals surface area contributed by atoms with Crippen LogP contribution in [0.4, 0.5) is 5.69 Å². The SMILES string of the molecule is Cn1cnnc1Sc1ccccc1NS(=O)(=O)c1ccc2c(c1)C(=O)NC2=O. The summed E-state index contributed by atoms with van der Waals surface area (Å²) in [6, 6.07) is 10.7. The molecule has 3 aromatic rings. The summed E-state index contributed by atoms with van der Waals surface area (Å²) in [4.78, 5) is 24.0. The van der Waals surface area contributed by atoms with E-state index in [0.29, 0.717) is 15.7 Å². The number of aryl methyl sites for hydroxylation is 1. The molecule has 9 nitrogen and oxygen atoms in total. The molecule has 0 spiro atoms. The molecule has 0 saturated carbocycles. The second-order valence-corrected chi connectivity index (χ2v) is 8.61. The molecule has 2 amide bonds. The van der Waals surface area contributed by atoms with Gasteiger partial charge >= 0.3 is 0 Å². The highest BCUT2D eigenvalue weighted by atomic mass is 32.2. The fraction of sp³-hybridized carbons (Fsp3) is 0.0588. The van der Waals surface area contributed by atoms with Crippen LogP contribution in [0.15, 0.2) is 63.7 Å². The number of para-hydroxylation sites is 1. The summed E-state index contributed by atoms with van der Waals surface area (Å²) in [6.07, 6.45) is 1.55. The van der Waals surface area contributed by atoms with Crippen LogP contribution in [-0.2, 0) is 17.1 Å². The number of anilines is 1. The Morgan fingerprint density at radius 2 is 1.82 bits per heavy atom. The number of hydrogen-bond donors (Lipinski definition) is 2. The number of carbonyl (C=O) groups is 2. The lowest BCUT2D eigenvalue weighted by atomic mass is 10.1. The average molecular weight is 415 g/mol. The summed E-state index contributed by atoms with van der Waals surface area (Å²) < 4.78 is 29.9. The van der Waals surface area contributed by atoms with Crippen LogP contribution in [0.3, 0.4) is 0 Å². The Morgan fingerprint density at radius 1 is 1.07 bits per heavy atom. The quantitative estimate of drug-likeness (QED) is 0.607. The van der Waals surface area contributed by atoms with E-state index in [0.717, 1.165) is 0 Å². The third-order valence-electron chi connectivity index (χ3n) is 4.02. The van der Waals surface area contributed by atoms with Gasteiger partial charge in [0.25, 0.3) is 21.8 Å². The van der Waals surface area contributed by atoms with E-state index in [2.05, 4.69) is 20.2 Å². The predicted molar refractivity (Wildman–Crippen MR) is 101 cm³/mol. The fourth-order valence-electron chi connectivity index (χ4n) is 2.62. The van der Waals surface area contributed by atoms with Crippen LogP contribution < -0.4 is 10.0 Å². The molecular formula is C17H13N5O4S2. The Hall–Kier alpha value is -3.18. The molecule has 0 fully saturated rings. The molecule has 0 unspecified atom stereocenters. The highest BCUT2D eigenvalue weighted by Crippen LogP contribution is 2.33. The van der Waals surface area contributed by atoms with Gasteiger partial charge in [0.1, 0.15) is 6.33 Å². The van der Waals surface area contributed by atoms with Crippen LogP contribution >= 0.6 is 11.8 Å². The molecule has 1 aliphatic rings. The van der Waals surface area contributed by atoms with Crippen molar-refractivity contribution in [3.05, 3.63) is 59.9 Å². The molecule has 2 heterocycles. The lowest BCUT2D eigenvalue weighted by Gasteiger charge is -2.12. The maximum absolute atomic E-state index is 12.8. The van der Waals surface area contributed by atoms with Crippen LogP contribution in [0.1, 0.15) is 20.7 Å². The van der Waals surface area contributed by atoms with Gasteiger partial charge < -0.3 is 4.57 Å². The van der Waals surface area contributed by atoms with Crippen molar-refractivity contribution in [1.82, 2.24) is 20.1 Å². The first-order chi connectivity index (χ1) is 13.3. The van der Waals surface area contributed by atoms with Gasteiger partial charge in [-0.05, 0) is 42.1 Å². The zero-order valence-corrected chi connectivity index (χ0v) is 16.0. The number of rotatable bonds is 5. The highest BCUT2D eigenvalue weighted by Gasteiger charge is 2.29. The van der Waals surface area contributed by atoms with Crippen molar-refractivity contribution in [2.75, 3.05) is 4.72 Å². The number of fused-ring (bicyclic) bond motifs is 1. The Kier molecular flexibility index (Phi) is 4.40. The largest absolute Gasteiger partial charge is 0.311 e. The van der Waals surface area contributed by atoms with E-state index in [-0.39, 0.29) is 16.0 Å². The minimum absolute atomic E-state index is 0.0367. The Bertz CT molecular complexity index is 1220. The van der Waals surface area contributed by atoms with Gasteiger partial charge in [-0.1, -0.05) is 12.1 Å². The molecule has 1 aliphatic heterocycles. The van der Waals surface area contributed by atoms with Crippen molar-refractivity contribution in [3.8, 4) is 0 Å². The minimum Gasteiger partial charge on any atom is -0.311 e. The number of hydrogen-bond acceptors (Lipinski definition) is 7. The third kappa shape index (κ3) is 3.25. The third-order valence-corrected chi connectivity index (χ3v) is 6.51. The molecular weight excluding hydrogens is 402 g/mol. The van der Waals surface area contributed by atoms with E-state index in [1.54, 1.807) is 42.2 Å². The van der Waals surface area contributed by atoms with Crippen molar-refractivity contribution in [1.29, 1.82) is 0 Å². The van der Waals surface area contributed by atoms with Gasteiger partial charge in [-0.15, -0.1) is 10.2 Å². The number of amides is 2. The van der Waals surface area contributed by atoms with E-state index in [4.69, 9.17) is 0 Å². The number of aromatic nitrogens is 3. The maximum atomic E-state index is 12.8. The van der Waals surface area contributed by atoms with Gasteiger partial charge in [-0.25, -0.2) is 8.42 Å². The molecule has 11 heteroatoms. The molecule has 1 aromatic heterocycles. The zero-order valence-electron chi connectivity index (χ0n) is 14.4. The number of nitrogens with one attached hydrogen (secondary N) is 2. The molecule has 2 aromatic carbocycles. The van der Waals surface area contributed by atoms with Gasteiger partial charge in [0.2, 0.25) is 0 Å². The first-order valence-electron chi connectivity index (χ1n) is 7.98. The topological polar surface area (TPSA) is 123 Å². The van der Waals surface area contributed by atoms with E-state index < -0.39 is 21.8 Å². The van der Waals surface area contributed by atoms with E-state index in [1.165, 1.54) is 30.0 Å². The Labute approximate surface area is 164 Å². The van der Waals surface area contributed by atoms with Crippen molar-refractivity contribution in [2.24, 2.45) is 7.05 Å². The van der Waals surface area contributed by atoms with E-state index >= 15 is 0 Å². The van der Waals surface area contributed by atoms with Gasteiger partial charge in [0.15, 0.2) is 5.16 Å². The van der Waals surface area contributed by atoms with Gasteiger partial charge in [0.05, 0.1) is 21.7 Å². The standard InChI is InChI=1S/C17H13N5O4S2/c1-22-9-18-20-17(22)27-14-5-3-2-4-13(14)21-28(25,26)10-6-7-11-12(8-10)16(24)19-15(11)23/h2-9,21H,1H3,(H,19,23,24). The highest BCUT2D eigenvalue weighted by molar-refractivity contribution is 7.99. The van der Waals surface area contributed by atoms with Crippen LogP contribution in [-0.4, -0.2) is 35.0 Å². The van der Waals surface area contributed by atoms with Crippen LogP contribution in [0, 0.1) is 0 Å². The van der Waals surface area contributed by atoms with Crippen LogP contribution in [0.2, 0.25) is 0 Å². The van der Waals surface area contributed by atoms with Crippen molar-refractivity contribution >= 4 is 39.3 Å². The second-order valence-electron chi connectivity index (χ2n) is 5.92. The van der Waals surface area contributed by atoms with Gasteiger partial charge in [0, 0.05) is 11.9 Å². The van der Waals surface area contributed by atoms with Crippen molar-refractivity contribution in [3.63, 3.8) is 0 Å². The molecule has 4 rings (SSSR count). The summed E-state index contributed by atoms with van der Waals surface area (Å²) in [7, 11) is -2.20. The Balaban J connectivity index is 1.66. The predicted octanol–water partition coefficient (Wildman–Crippen LogP) is 1.65. The summed E-state index contributed by atoms with van der Waals surface area (Å²) in [6.45, 7) is 0. The molecule has 0 bridgehead atoms. The zero-order chi connectivity index (χ0) is 19.9. The normalized spacial score (nSPS) is 13.3. The average Bonchev–Trinajstić information content (AvgIpc) is 3.19. The number of carbonyl (C=O) groups excluding carboxylic acids is 2. The molecule has 0 atom stereocenters. The number of sulfonamides is 1. The second kappa shape index (κ2) is 6.77. The number of nitrogens with zero attached hydrogens (tertiary/aromatic N) is 3. The van der Waals surface area contributed by atoms with Gasteiger partial charge in [-0.2, -0.15) is 0 Å². The van der Waals surface area contributed by atoms with Gasteiger partial charge in [-0.3, -0.25) is 19.6 Å². The molecule has 2 N–H and O–H groups in total. The molecule has 142 valence electrons. The summed E-state index contributed by atoms with van der Waals surface area (Å²) in [5.74, 6) is -1.15. The fourth-order valence-corrected chi connectivity index (χ4v) is 4.64. The van der Waals surface area contributed by atoms with Crippen molar-refractivity contribution in [2.45, 2.75) is 14.9 Å². The van der Waals surface area contributed by atoms with Crippen LogP contribution in [0.5, 0.6) is 0 Å². The number of benzene rings is 2. The molecule has 0 aliphatic carbocycles. The molecule has 0 saturated heterocycles. The maximum Gasteiger partial charge on any atom is 0.261 e. The first kappa shape index (κ1) is 18.2. The van der Waals surface area contributed by atoms with Crippen molar-refractivity contribution < 1.29 is 18.0 Å². The lowest BCUT2D eigenvalue weighted by Crippen LogP contribution is -2.20. The summed E-state index contributed by atoms with van der Waals surface area (Å²) in [5, 5.41) is 10.5. The van der Waals surface area contributed by atoms with E-state index in [1.807, 2.05) is 0 Å². The van der Waals surface area contributed by atoms with E-state index in [9.17, 15) is 18.0 Å². The minimum atomic E-state index is -3.98. The smallest absolute Gasteiger partial charge is 0.261 e. The monoisotopic (exact) mass is 415 g/mol. The number of imide groups is 1. The lowest BCUT2D eigenvalue weighted by molar-refractivity contribution is 0.0879. The summed E-state index contributed by atoms with van der Waals surface area (Å²) >= 11 is 1.26. The molecule has 28 heavy (non-hydrogen) atoms. The first-order valence-corrected chi connectivity index (χ1v) is 10.3. The molecule has 0 radical (unpaired) electrons. The summed E-state index contributed by atoms with van der Waals surface area (Å²) in [5.41, 5.74) is 0.549. The Morgan fingerprint density at radius 3 is 2.57 bits per heavy atom.